The third-order valence-corrected chi connectivity index (χ3v) is 4.34. The molecule has 1 aliphatic rings. The summed E-state index contributed by atoms with van der Waals surface area (Å²) in [6.07, 6.45) is -1.07. The third kappa shape index (κ3) is 3.57. The number of esters is 1. The van der Waals surface area contributed by atoms with E-state index in [0.717, 1.165) is 4.90 Å². The molecule has 28 heavy (non-hydrogen) atoms. The second-order valence-corrected chi connectivity index (χ2v) is 6.19. The molecule has 2 aromatic rings. The van der Waals surface area contributed by atoms with Gasteiger partial charge in [-0.25, -0.2) is 4.79 Å². The highest BCUT2D eigenvalue weighted by Crippen LogP contribution is 2.23. The van der Waals surface area contributed by atoms with Gasteiger partial charge in [-0.05, 0) is 49.4 Å². The fourth-order valence-corrected chi connectivity index (χ4v) is 2.69. The minimum absolute atomic E-state index is 0.0827. The molecule has 0 spiro atoms. The summed E-state index contributed by atoms with van der Waals surface area (Å²) < 4.78 is 10.2. The lowest BCUT2D eigenvalue weighted by Gasteiger charge is -2.14. The van der Waals surface area contributed by atoms with Crippen molar-refractivity contribution in [1.29, 1.82) is 0 Å². The molecule has 2 aromatic carbocycles. The third-order valence-electron chi connectivity index (χ3n) is 4.34. The molecule has 0 saturated heterocycles. The zero-order valence-corrected chi connectivity index (χ0v) is 15.5. The van der Waals surface area contributed by atoms with Gasteiger partial charge in [-0.3, -0.25) is 19.3 Å². The van der Waals surface area contributed by atoms with E-state index in [1.54, 1.807) is 24.3 Å². The summed E-state index contributed by atoms with van der Waals surface area (Å²) in [4.78, 5) is 49.5. The Hall–Kier alpha value is -3.68. The SMILES string of the molecule is COc1ccc(NC(=O)C(C)OC(=O)c2ccc3c(c2)C(=O)N(C)C3=O)cc1. The first kappa shape index (κ1) is 19.1. The van der Waals surface area contributed by atoms with E-state index < -0.39 is 29.8 Å². The fraction of sp³-hybridized carbons (Fsp3) is 0.200. The Morgan fingerprint density at radius 1 is 1.00 bits per heavy atom. The standard InChI is InChI=1S/C20H18N2O6/c1-11(17(23)21-13-5-7-14(27-3)8-6-13)28-20(26)12-4-9-15-16(10-12)19(25)22(2)18(15)24/h4-11H,1-3H3,(H,21,23). The lowest BCUT2D eigenvalue weighted by atomic mass is 10.1. The van der Waals surface area contributed by atoms with E-state index in [9.17, 15) is 19.2 Å². The van der Waals surface area contributed by atoms with E-state index in [4.69, 9.17) is 9.47 Å². The number of nitrogens with one attached hydrogen (secondary N) is 1. The average molecular weight is 382 g/mol. The van der Waals surface area contributed by atoms with Crippen molar-refractivity contribution in [3.63, 3.8) is 0 Å². The fourth-order valence-electron chi connectivity index (χ4n) is 2.69. The largest absolute Gasteiger partial charge is 0.497 e. The van der Waals surface area contributed by atoms with Gasteiger partial charge >= 0.3 is 5.97 Å². The predicted octanol–water partition coefficient (Wildman–Crippen LogP) is 2.10. The number of hydrogen-bond donors (Lipinski definition) is 1. The molecule has 8 heteroatoms. The van der Waals surface area contributed by atoms with Gasteiger partial charge in [-0.15, -0.1) is 0 Å². The Labute approximate surface area is 161 Å². The van der Waals surface area contributed by atoms with Gasteiger partial charge in [-0.2, -0.15) is 0 Å². The molecule has 0 saturated carbocycles. The van der Waals surface area contributed by atoms with Crippen LogP contribution in [0.15, 0.2) is 42.5 Å². The number of carbonyl (C=O) groups excluding carboxylic acids is 4. The number of ether oxygens (including phenoxy) is 2. The quantitative estimate of drug-likeness (QED) is 0.628. The highest BCUT2D eigenvalue weighted by Gasteiger charge is 2.33. The molecule has 0 aromatic heterocycles. The molecule has 0 radical (unpaired) electrons. The molecule has 1 heterocycles. The number of benzene rings is 2. The van der Waals surface area contributed by atoms with Crippen LogP contribution in [0.2, 0.25) is 0 Å². The Morgan fingerprint density at radius 3 is 2.29 bits per heavy atom. The summed E-state index contributed by atoms with van der Waals surface area (Å²) in [5.41, 5.74) is 0.976. The smallest absolute Gasteiger partial charge is 0.338 e. The number of methoxy groups -OCH3 is 1. The number of imide groups is 1. The number of rotatable bonds is 5. The predicted molar refractivity (Wildman–Crippen MR) is 99.4 cm³/mol. The zero-order valence-electron chi connectivity index (χ0n) is 15.5. The van der Waals surface area contributed by atoms with Crippen LogP contribution in [0.25, 0.3) is 0 Å². The number of anilines is 1. The van der Waals surface area contributed by atoms with Gasteiger partial charge < -0.3 is 14.8 Å². The van der Waals surface area contributed by atoms with Crippen LogP contribution in [0, 0.1) is 0 Å². The summed E-state index contributed by atoms with van der Waals surface area (Å²) in [6, 6.07) is 10.8. The topological polar surface area (TPSA) is 102 Å². The van der Waals surface area contributed by atoms with Crippen LogP contribution in [0.3, 0.4) is 0 Å². The van der Waals surface area contributed by atoms with Crippen molar-refractivity contribution < 1.29 is 28.7 Å². The highest BCUT2D eigenvalue weighted by atomic mass is 16.5. The molecule has 8 nitrogen and oxygen atoms in total. The van der Waals surface area contributed by atoms with Crippen LogP contribution >= 0.6 is 0 Å². The Balaban J connectivity index is 1.66. The van der Waals surface area contributed by atoms with Gasteiger partial charge in [0.15, 0.2) is 6.10 Å². The van der Waals surface area contributed by atoms with Crippen LogP contribution in [-0.2, 0) is 9.53 Å². The van der Waals surface area contributed by atoms with E-state index in [1.807, 2.05) is 0 Å². The van der Waals surface area contributed by atoms with E-state index in [1.165, 1.54) is 39.3 Å². The minimum atomic E-state index is -1.07. The van der Waals surface area contributed by atoms with E-state index in [0.29, 0.717) is 11.4 Å². The van der Waals surface area contributed by atoms with Crippen LogP contribution in [-0.4, -0.2) is 48.9 Å². The number of nitrogens with zero attached hydrogens (tertiary/aromatic N) is 1. The first-order valence-corrected chi connectivity index (χ1v) is 8.44. The summed E-state index contributed by atoms with van der Waals surface area (Å²) in [6.45, 7) is 1.44. The van der Waals surface area contributed by atoms with Gasteiger partial charge in [0, 0.05) is 12.7 Å². The maximum absolute atomic E-state index is 12.3. The first-order chi connectivity index (χ1) is 13.3. The van der Waals surface area contributed by atoms with E-state index in [-0.39, 0.29) is 16.7 Å². The van der Waals surface area contributed by atoms with Crippen molar-refractivity contribution >= 4 is 29.4 Å². The summed E-state index contributed by atoms with van der Waals surface area (Å²) in [7, 11) is 2.91. The van der Waals surface area contributed by atoms with Crippen molar-refractivity contribution in [3.8, 4) is 5.75 Å². The maximum Gasteiger partial charge on any atom is 0.338 e. The molecule has 1 N–H and O–H groups in total. The normalized spacial score (nSPS) is 13.8. The molecule has 3 rings (SSSR count). The average Bonchev–Trinajstić information content (AvgIpc) is 2.92. The molecule has 1 atom stereocenters. The molecule has 144 valence electrons. The Morgan fingerprint density at radius 2 is 1.64 bits per heavy atom. The summed E-state index contributed by atoms with van der Waals surface area (Å²) in [5.74, 6) is -1.54. The molecular weight excluding hydrogens is 364 g/mol. The van der Waals surface area contributed by atoms with E-state index >= 15 is 0 Å². The molecule has 0 fully saturated rings. The molecule has 0 bridgehead atoms. The Kier molecular flexibility index (Phi) is 5.12. The maximum atomic E-state index is 12.3. The number of fused-ring (bicyclic) bond motifs is 1. The lowest BCUT2D eigenvalue weighted by molar-refractivity contribution is -0.123. The van der Waals surface area contributed by atoms with Gasteiger partial charge in [0.1, 0.15) is 5.75 Å². The van der Waals surface area contributed by atoms with E-state index in [2.05, 4.69) is 5.32 Å². The van der Waals surface area contributed by atoms with Crippen LogP contribution in [0.1, 0.15) is 38.0 Å². The molecule has 1 aliphatic heterocycles. The van der Waals surface area contributed by atoms with Crippen LogP contribution in [0.5, 0.6) is 5.75 Å². The van der Waals surface area contributed by atoms with Crippen LogP contribution < -0.4 is 10.1 Å². The number of hydrogen-bond acceptors (Lipinski definition) is 6. The Bertz CT molecular complexity index is 967. The first-order valence-electron chi connectivity index (χ1n) is 8.44. The van der Waals surface area contributed by atoms with Crippen molar-refractivity contribution in [1.82, 2.24) is 4.90 Å². The number of amides is 3. The second kappa shape index (κ2) is 7.51. The second-order valence-electron chi connectivity index (χ2n) is 6.19. The molecule has 1 unspecified atom stereocenters. The van der Waals surface area contributed by atoms with Crippen LogP contribution in [0.4, 0.5) is 5.69 Å². The van der Waals surface area contributed by atoms with Gasteiger partial charge in [-0.1, -0.05) is 0 Å². The monoisotopic (exact) mass is 382 g/mol. The number of carbonyl (C=O) groups is 4. The van der Waals surface area contributed by atoms with Gasteiger partial charge in [0.25, 0.3) is 17.7 Å². The molecule has 3 amide bonds. The van der Waals surface area contributed by atoms with Crippen molar-refractivity contribution in [2.24, 2.45) is 0 Å². The zero-order chi connectivity index (χ0) is 20.4. The van der Waals surface area contributed by atoms with Gasteiger partial charge in [0.2, 0.25) is 0 Å². The lowest BCUT2D eigenvalue weighted by Crippen LogP contribution is -2.30. The summed E-state index contributed by atoms with van der Waals surface area (Å²) in [5, 5.41) is 2.63. The minimum Gasteiger partial charge on any atom is -0.497 e. The van der Waals surface area contributed by atoms with Gasteiger partial charge in [0.05, 0.1) is 23.8 Å². The molecular formula is C20H18N2O6. The van der Waals surface area contributed by atoms with Crippen molar-refractivity contribution in [3.05, 3.63) is 59.2 Å². The van der Waals surface area contributed by atoms with Crippen molar-refractivity contribution in [2.45, 2.75) is 13.0 Å². The highest BCUT2D eigenvalue weighted by molar-refractivity contribution is 6.21. The molecule has 0 aliphatic carbocycles. The van der Waals surface area contributed by atoms with Crippen molar-refractivity contribution in [2.75, 3.05) is 19.5 Å². The summed E-state index contributed by atoms with van der Waals surface area (Å²) >= 11 is 0.